The zero-order chi connectivity index (χ0) is 21.5. The largest absolute Gasteiger partial charge is 0.493 e. The molecule has 1 heterocycles. The first-order valence-corrected chi connectivity index (χ1v) is 9.51. The van der Waals surface area contributed by atoms with Gasteiger partial charge in [-0.25, -0.2) is 0 Å². The van der Waals surface area contributed by atoms with Crippen LogP contribution < -0.4 is 24.3 Å². The molecule has 6 nitrogen and oxygen atoms in total. The Morgan fingerprint density at radius 1 is 1.20 bits per heavy atom. The monoisotopic (exact) mass is 419 g/mol. The van der Waals surface area contributed by atoms with Crippen LogP contribution in [0, 0.1) is 0 Å². The smallest absolute Gasteiger partial charge is 0.387 e. The van der Waals surface area contributed by atoms with Gasteiger partial charge in [0, 0.05) is 12.1 Å². The van der Waals surface area contributed by atoms with E-state index in [2.05, 4.69) is 10.1 Å². The number of halogens is 2. The number of benzene rings is 2. The molecule has 2 aromatic rings. The second-order valence-electron chi connectivity index (χ2n) is 6.44. The van der Waals surface area contributed by atoms with Crippen molar-refractivity contribution >= 4 is 12.0 Å². The van der Waals surface area contributed by atoms with Crippen molar-refractivity contribution in [3.63, 3.8) is 0 Å². The van der Waals surface area contributed by atoms with Crippen molar-refractivity contribution in [2.24, 2.45) is 0 Å². The molecule has 3 rings (SSSR count). The molecule has 0 radical (unpaired) electrons. The van der Waals surface area contributed by atoms with Crippen molar-refractivity contribution < 1.29 is 32.5 Å². The fourth-order valence-corrected chi connectivity index (χ4v) is 3.08. The highest BCUT2D eigenvalue weighted by Gasteiger charge is 2.20. The van der Waals surface area contributed by atoms with Crippen molar-refractivity contribution in [3.05, 3.63) is 53.1 Å². The van der Waals surface area contributed by atoms with E-state index in [0.717, 1.165) is 11.1 Å². The summed E-state index contributed by atoms with van der Waals surface area (Å²) in [6.07, 6.45) is 2.22. The quantitative estimate of drug-likeness (QED) is 0.669. The van der Waals surface area contributed by atoms with E-state index in [1.807, 2.05) is 25.1 Å². The Kier molecular flexibility index (Phi) is 7.11. The molecule has 0 aromatic heterocycles. The van der Waals surface area contributed by atoms with E-state index < -0.39 is 6.61 Å². The number of rotatable bonds is 9. The van der Waals surface area contributed by atoms with Crippen molar-refractivity contribution in [1.29, 1.82) is 0 Å². The molecule has 30 heavy (non-hydrogen) atoms. The number of nitrogens with one attached hydrogen (secondary N) is 1. The summed E-state index contributed by atoms with van der Waals surface area (Å²) >= 11 is 0. The van der Waals surface area contributed by atoms with E-state index >= 15 is 0 Å². The van der Waals surface area contributed by atoms with Crippen molar-refractivity contribution in [2.45, 2.75) is 20.0 Å². The molecule has 0 unspecified atom stereocenters. The number of ether oxygens (including phenoxy) is 4. The minimum Gasteiger partial charge on any atom is -0.493 e. The van der Waals surface area contributed by atoms with Crippen LogP contribution in [0.1, 0.15) is 18.1 Å². The lowest BCUT2D eigenvalue weighted by Gasteiger charge is -2.20. The zero-order valence-corrected chi connectivity index (χ0v) is 16.7. The van der Waals surface area contributed by atoms with E-state index in [-0.39, 0.29) is 24.0 Å². The summed E-state index contributed by atoms with van der Waals surface area (Å²) in [5, 5.41) is 2.82. The Balaban J connectivity index is 1.61. The summed E-state index contributed by atoms with van der Waals surface area (Å²) in [6.45, 7) is -0.0761. The topological polar surface area (TPSA) is 66.0 Å². The Bertz CT molecular complexity index is 930. The fourth-order valence-electron chi connectivity index (χ4n) is 3.08. The van der Waals surface area contributed by atoms with Gasteiger partial charge in [-0.05, 0) is 43.2 Å². The summed E-state index contributed by atoms with van der Waals surface area (Å²) < 4.78 is 45.9. The van der Waals surface area contributed by atoms with Crippen LogP contribution in [0.15, 0.2) is 42.0 Å². The Labute approximate surface area is 173 Å². The molecule has 1 aliphatic heterocycles. The highest BCUT2D eigenvalue weighted by molar-refractivity contribution is 5.99. The molecule has 0 atom stereocenters. The number of fused-ring (bicyclic) bond motifs is 1. The Morgan fingerprint density at radius 2 is 2.03 bits per heavy atom. The number of alkyl halides is 2. The molecule has 0 fully saturated rings. The Morgan fingerprint density at radius 3 is 2.77 bits per heavy atom. The summed E-state index contributed by atoms with van der Waals surface area (Å²) in [4.78, 5) is 12.5. The van der Waals surface area contributed by atoms with Crippen LogP contribution in [0.5, 0.6) is 23.0 Å². The van der Waals surface area contributed by atoms with Crippen LogP contribution in [-0.2, 0) is 11.2 Å². The molecule has 0 saturated carbocycles. The summed E-state index contributed by atoms with van der Waals surface area (Å²) in [7, 11) is 1.38. The lowest BCUT2D eigenvalue weighted by atomic mass is 10.1. The van der Waals surface area contributed by atoms with Gasteiger partial charge in [0.2, 0.25) is 0 Å². The predicted octanol–water partition coefficient (Wildman–Crippen LogP) is 3.83. The molecule has 0 saturated heterocycles. The standard InChI is InChI=1S/C22H23F2NO5/c1-3-28-18-6-4-5-15-12-16(13-29-20(15)18)21(26)25-10-9-14-7-8-17(27-2)19(11-14)30-22(23)24/h4-8,11-12,22H,3,9-10,13H2,1-2H3,(H,25,26). The van der Waals surface area contributed by atoms with Crippen molar-refractivity contribution in [2.75, 3.05) is 26.9 Å². The van der Waals surface area contributed by atoms with E-state index in [9.17, 15) is 13.6 Å². The van der Waals surface area contributed by atoms with Crippen LogP contribution in [-0.4, -0.2) is 39.4 Å². The van der Waals surface area contributed by atoms with Gasteiger partial charge in [0.05, 0.1) is 19.3 Å². The minimum atomic E-state index is -2.95. The van der Waals surface area contributed by atoms with Gasteiger partial charge in [-0.3, -0.25) is 4.79 Å². The number of hydrogen-bond donors (Lipinski definition) is 1. The van der Waals surface area contributed by atoms with Crippen LogP contribution in [0.25, 0.3) is 6.08 Å². The first-order valence-electron chi connectivity index (χ1n) is 9.51. The molecule has 2 aromatic carbocycles. The van der Waals surface area contributed by atoms with Crippen molar-refractivity contribution in [3.8, 4) is 23.0 Å². The van der Waals surface area contributed by atoms with Crippen LogP contribution in [0.2, 0.25) is 0 Å². The molecule has 1 aliphatic rings. The van der Waals surface area contributed by atoms with Gasteiger partial charge in [-0.1, -0.05) is 18.2 Å². The van der Waals surface area contributed by atoms with Gasteiger partial charge in [0.25, 0.3) is 5.91 Å². The first kappa shape index (κ1) is 21.4. The number of carbonyl (C=O) groups is 1. The number of para-hydroxylation sites is 1. The van der Waals surface area contributed by atoms with Gasteiger partial charge >= 0.3 is 6.61 Å². The van der Waals surface area contributed by atoms with Gasteiger partial charge in [0.15, 0.2) is 23.0 Å². The second-order valence-corrected chi connectivity index (χ2v) is 6.44. The highest BCUT2D eigenvalue weighted by Crippen LogP contribution is 2.35. The average molecular weight is 419 g/mol. The summed E-state index contributed by atoms with van der Waals surface area (Å²) in [6, 6.07) is 10.3. The molecular weight excluding hydrogens is 396 g/mol. The van der Waals surface area contributed by atoms with Gasteiger partial charge in [-0.15, -0.1) is 0 Å². The minimum absolute atomic E-state index is 0.0403. The van der Waals surface area contributed by atoms with Crippen LogP contribution >= 0.6 is 0 Å². The van der Waals surface area contributed by atoms with Gasteiger partial charge in [0.1, 0.15) is 6.61 Å². The summed E-state index contributed by atoms with van der Waals surface area (Å²) in [5.74, 6) is 1.20. The number of hydrogen-bond acceptors (Lipinski definition) is 5. The SMILES string of the molecule is CCOc1cccc2c1OCC(C(=O)NCCc1ccc(OC)c(OC(F)F)c1)=C2. The molecule has 8 heteroatoms. The third kappa shape index (κ3) is 5.20. The van der Waals surface area contributed by atoms with E-state index in [4.69, 9.17) is 14.2 Å². The number of methoxy groups -OCH3 is 1. The van der Waals surface area contributed by atoms with E-state index in [1.165, 1.54) is 13.2 Å². The maximum atomic E-state index is 12.5. The molecular formula is C22H23F2NO5. The molecule has 0 bridgehead atoms. The van der Waals surface area contributed by atoms with Gasteiger partial charge in [-0.2, -0.15) is 8.78 Å². The maximum Gasteiger partial charge on any atom is 0.387 e. The molecule has 0 aliphatic carbocycles. The van der Waals surface area contributed by atoms with E-state index in [1.54, 1.807) is 18.2 Å². The third-order valence-electron chi connectivity index (χ3n) is 4.45. The van der Waals surface area contributed by atoms with Gasteiger partial charge < -0.3 is 24.3 Å². The molecule has 1 N–H and O–H groups in total. The van der Waals surface area contributed by atoms with Crippen molar-refractivity contribution in [1.82, 2.24) is 5.32 Å². The maximum absolute atomic E-state index is 12.5. The molecule has 0 spiro atoms. The lowest BCUT2D eigenvalue weighted by molar-refractivity contribution is -0.117. The normalized spacial score (nSPS) is 12.5. The average Bonchev–Trinajstić information content (AvgIpc) is 2.73. The lowest BCUT2D eigenvalue weighted by Crippen LogP contribution is -2.30. The number of carbonyl (C=O) groups excluding carboxylic acids is 1. The fraction of sp³-hybridized carbons (Fsp3) is 0.318. The van der Waals surface area contributed by atoms with E-state index in [0.29, 0.717) is 36.6 Å². The predicted molar refractivity (Wildman–Crippen MR) is 107 cm³/mol. The van der Waals surface area contributed by atoms with Crippen LogP contribution in [0.4, 0.5) is 8.78 Å². The second kappa shape index (κ2) is 9.96. The Hall–Kier alpha value is -3.29. The molecule has 160 valence electrons. The summed E-state index contributed by atoms with van der Waals surface area (Å²) in [5.41, 5.74) is 2.00. The van der Waals surface area contributed by atoms with Crippen LogP contribution in [0.3, 0.4) is 0 Å². The third-order valence-corrected chi connectivity index (χ3v) is 4.45. The molecule has 1 amide bonds. The highest BCUT2D eigenvalue weighted by atomic mass is 19.3. The first-order chi connectivity index (χ1) is 14.5. The zero-order valence-electron chi connectivity index (χ0n) is 16.7. The number of amides is 1.